The summed E-state index contributed by atoms with van der Waals surface area (Å²) in [5, 5.41) is 4.15. The van der Waals surface area contributed by atoms with Gasteiger partial charge in [0.25, 0.3) is 5.91 Å². The minimum absolute atomic E-state index is 0.0131. The van der Waals surface area contributed by atoms with Crippen molar-refractivity contribution in [1.29, 1.82) is 0 Å². The van der Waals surface area contributed by atoms with E-state index in [2.05, 4.69) is 22.1 Å². The fourth-order valence-corrected chi connectivity index (χ4v) is 4.11. The highest BCUT2D eigenvalue weighted by atomic mass is 16.1. The van der Waals surface area contributed by atoms with Gasteiger partial charge < -0.3 is 14.6 Å². The number of para-hydroxylation sites is 1. The lowest BCUT2D eigenvalue weighted by Crippen LogP contribution is -2.39. The Balaban J connectivity index is 1.45. The van der Waals surface area contributed by atoms with Crippen LogP contribution < -0.4 is 5.32 Å². The van der Waals surface area contributed by atoms with Gasteiger partial charge in [-0.1, -0.05) is 31.5 Å². The van der Waals surface area contributed by atoms with Gasteiger partial charge in [0.2, 0.25) is 0 Å². The number of nitrogens with one attached hydrogen (secondary N) is 1. The van der Waals surface area contributed by atoms with Crippen molar-refractivity contribution in [2.24, 2.45) is 5.92 Å². The smallest absolute Gasteiger partial charge is 0.255 e. The van der Waals surface area contributed by atoms with E-state index in [0.717, 1.165) is 36.2 Å². The van der Waals surface area contributed by atoms with Gasteiger partial charge in [0, 0.05) is 24.3 Å². The number of nitrogens with zero attached hydrogens (tertiary/aromatic N) is 3. The van der Waals surface area contributed by atoms with Crippen LogP contribution in [0.1, 0.15) is 43.0 Å². The van der Waals surface area contributed by atoms with Crippen molar-refractivity contribution in [1.82, 2.24) is 19.6 Å². The zero-order chi connectivity index (χ0) is 18.6. The van der Waals surface area contributed by atoms with Crippen LogP contribution in [0.15, 0.2) is 42.7 Å². The molecule has 1 fully saturated rings. The van der Waals surface area contributed by atoms with E-state index in [1.807, 2.05) is 40.9 Å². The van der Waals surface area contributed by atoms with E-state index in [0.29, 0.717) is 11.5 Å². The molecule has 0 saturated carbocycles. The Labute approximate surface area is 160 Å². The van der Waals surface area contributed by atoms with E-state index in [-0.39, 0.29) is 5.91 Å². The Bertz CT molecular complexity index is 871. The maximum atomic E-state index is 13.0. The number of unbranched alkanes of at least 4 members (excludes halogenated alkanes) is 1. The minimum Gasteiger partial charge on any atom is -0.352 e. The second-order valence-corrected chi connectivity index (χ2v) is 7.55. The molecule has 4 rings (SSSR count). The van der Waals surface area contributed by atoms with E-state index in [1.165, 1.54) is 32.2 Å². The van der Waals surface area contributed by atoms with E-state index < -0.39 is 0 Å². The fraction of sp³-hybridized carbons (Fsp3) is 0.455. The summed E-state index contributed by atoms with van der Waals surface area (Å²) in [5.41, 5.74) is 2.44. The molecule has 5 heteroatoms. The number of carbonyl (C=O) groups excluding carboxylic acids is 1. The van der Waals surface area contributed by atoms with E-state index in [9.17, 15) is 4.79 Å². The Morgan fingerprint density at radius 2 is 2.04 bits per heavy atom. The summed E-state index contributed by atoms with van der Waals surface area (Å²) in [6, 6.07) is 9.91. The molecule has 142 valence electrons. The molecule has 0 radical (unpaired) electrons. The molecular weight excluding hydrogens is 336 g/mol. The highest BCUT2D eigenvalue weighted by Crippen LogP contribution is 2.25. The summed E-state index contributed by atoms with van der Waals surface area (Å²) in [6.45, 7) is 6.51. The Morgan fingerprint density at radius 3 is 2.85 bits per heavy atom. The molecule has 1 aliphatic heterocycles. The molecule has 0 spiro atoms. The highest BCUT2D eigenvalue weighted by molar-refractivity contribution is 6.13. The van der Waals surface area contributed by atoms with Gasteiger partial charge in [0.05, 0.1) is 11.1 Å². The van der Waals surface area contributed by atoms with Crippen molar-refractivity contribution >= 4 is 22.5 Å². The predicted molar refractivity (Wildman–Crippen MR) is 109 cm³/mol. The summed E-state index contributed by atoms with van der Waals surface area (Å²) in [6.07, 6.45) is 8.58. The zero-order valence-corrected chi connectivity index (χ0v) is 16.0. The van der Waals surface area contributed by atoms with Crippen LogP contribution in [0.4, 0.5) is 0 Å². The number of benzene rings is 1. The number of carbonyl (C=O) groups is 1. The average Bonchev–Trinajstić information content (AvgIpc) is 3.06. The Hall–Kier alpha value is -2.40. The lowest BCUT2D eigenvalue weighted by Gasteiger charge is -2.31. The van der Waals surface area contributed by atoms with E-state index in [1.54, 1.807) is 6.20 Å². The molecule has 3 aromatic rings. The molecule has 1 N–H and O–H groups in total. The van der Waals surface area contributed by atoms with Crippen LogP contribution in [0, 0.1) is 5.92 Å². The normalized spacial score (nSPS) is 16.2. The van der Waals surface area contributed by atoms with Crippen LogP contribution in [0.25, 0.3) is 16.6 Å². The molecule has 0 atom stereocenters. The SMILES string of the molecule is CCCCN1CCC(CNC(=O)c2c3ccccc3n3cccnc23)CC1. The number of amides is 1. The number of piperidine rings is 1. The van der Waals surface area contributed by atoms with Gasteiger partial charge in [-0.25, -0.2) is 4.98 Å². The fourth-order valence-electron chi connectivity index (χ4n) is 4.11. The van der Waals surface area contributed by atoms with Crippen molar-refractivity contribution in [2.45, 2.75) is 32.6 Å². The molecule has 0 aliphatic carbocycles. The van der Waals surface area contributed by atoms with Crippen LogP contribution >= 0.6 is 0 Å². The number of likely N-dealkylation sites (tertiary alicyclic amines) is 1. The molecule has 1 aromatic carbocycles. The van der Waals surface area contributed by atoms with Crippen LogP contribution in [0.3, 0.4) is 0 Å². The standard InChI is InChI=1S/C22H28N4O/c1-2-3-12-25-14-9-17(10-15-25)16-24-22(27)20-18-7-4-5-8-19(18)26-13-6-11-23-21(20)26/h4-8,11,13,17H,2-3,9-10,12,14-16H2,1H3,(H,24,27). The van der Waals surface area contributed by atoms with Gasteiger partial charge in [0.1, 0.15) is 0 Å². The van der Waals surface area contributed by atoms with Gasteiger partial charge in [-0.05, 0) is 56.9 Å². The summed E-state index contributed by atoms with van der Waals surface area (Å²) >= 11 is 0. The van der Waals surface area contributed by atoms with E-state index >= 15 is 0 Å². The Morgan fingerprint density at radius 1 is 1.22 bits per heavy atom. The lowest BCUT2D eigenvalue weighted by molar-refractivity contribution is 0.0939. The molecule has 5 nitrogen and oxygen atoms in total. The molecule has 3 heterocycles. The molecule has 0 bridgehead atoms. The van der Waals surface area contributed by atoms with Crippen molar-refractivity contribution in [3.8, 4) is 0 Å². The third kappa shape index (κ3) is 3.69. The maximum Gasteiger partial charge on any atom is 0.255 e. The second kappa shape index (κ2) is 8.09. The minimum atomic E-state index is -0.0131. The maximum absolute atomic E-state index is 13.0. The first-order valence-electron chi connectivity index (χ1n) is 10.1. The van der Waals surface area contributed by atoms with Gasteiger partial charge in [-0.2, -0.15) is 0 Å². The molecule has 1 aliphatic rings. The first-order valence-corrected chi connectivity index (χ1v) is 10.1. The first kappa shape index (κ1) is 18.0. The third-order valence-corrected chi connectivity index (χ3v) is 5.72. The number of aromatic nitrogens is 2. The topological polar surface area (TPSA) is 49.6 Å². The van der Waals surface area contributed by atoms with Gasteiger partial charge in [-0.3, -0.25) is 4.79 Å². The lowest BCUT2D eigenvalue weighted by atomic mass is 9.96. The monoisotopic (exact) mass is 364 g/mol. The van der Waals surface area contributed by atoms with Crippen molar-refractivity contribution in [2.75, 3.05) is 26.2 Å². The predicted octanol–water partition coefficient (Wildman–Crippen LogP) is 3.73. The molecular formula is C22H28N4O. The molecule has 1 saturated heterocycles. The van der Waals surface area contributed by atoms with Crippen LogP contribution in [0.2, 0.25) is 0 Å². The quantitative estimate of drug-likeness (QED) is 0.725. The number of hydrogen-bond donors (Lipinski definition) is 1. The summed E-state index contributed by atoms with van der Waals surface area (Å²) in [5.74, 6) is 0.556. The average molecular weight is 364 g/mol. The second-order valence-electron chi connectivity index (χ2n) is 7.55. The van der Waals surface area contributed by atoms with Gasteiger partial charge in [0.15, 0.2) is 5.65 Å². The number of fused-ring (bicyclic) bond motifs is 3. The third-order valence-electron chi connectivity index (χ3n) is 5.72. The molecule has 2 aromatic heterocycles. The molecule has 0 unspecified atom stereocenters. The van der Waals surface area contributed by atoms with Crippen molar-refractivity contribution < 1.29 is 4.79 Å². The molecule has 27 heavy (non-hydrogen) atoms. The summed E-state index contributed by atoms with van der Waals surface area (Å²) in [4.78, 5) is 20.0. The van der Waals surface area contributed by atoms with Crippen LogP contribution in [-0.4, -0.2) is 46.4 Å². The highest BCUT2D eigenvalue weighted by Gasteiger charge is 2.22. The van der Waals surface area contributed by atoms with Crippen LogP contribution in [0.5, 0.6) is 0 Å². The van der Waals surface area contributed by atoms with Gasteiger partial charge in [-0.15, -0.1) is 0 Å². The van der Waals surface area contributed by atoms with E-state index in [4.69, 9.17) is 0 Å². The number of hydrogen-bond acceptors (Lipinski definition) is 3. The van der Waals surface area contributed by atoms with Gasteiger partial charge >= 0.3 is 0 Å². The first-order chi connectivity index (χ1) is 13.3. The Kier molecular flexibility index (Phi) is 5.39. The largest absolute Gasteiger partial charge is 0.352 e. The van der Waals surface area contributed by atoms with Crippen molar-refractivity contribution in [3.05, 3.63) is 48.3 Å². The van der Waals surface area contributed by atoms with Crippen LogP contribution in [-0.2, 0) is 0 Å². The number of rotatable bonds is 6. The molecule has 1 amide bonds. The summed E-state index contributed by atoms with van der Waals surface area (Å²) in [7, 11) is 0. The summed E-state index contributed by atoms with van der Waals surface area (Å²) < 4.78 is 2.00. The van der Waals surface area contributed by atoms with Crippen molar-refractivity contribution in [3.63, 3.8) is 0 Å². The zero-order valence-electron chi connectivity index (χ0n) is 16.0.